The van der Waals surface area contributed by atoms with Crippen molar-refractivity contribution in [1.29, 1.82) is 0 Å². The smallest absolute Gasteiger partial charge is 0.292 e. The van der Waals surface area contributed by atoms with Crippen LogP contribution in [0.25, 0.3) is 6.08 Å². The van der Waals surface area contributed by atoms with E-state index in [4.69, 9.17) is 34.8 Å². The Labute approximate surface area is 224 Å². The number of hydrogen-bond acceptors (Lipinski definition) is 5. The summed E-state index contributed by atoms with van der Waals surface area (Å²) in [6, 6.07) is 17.5. The zero-order chi connectivity index (χ0) is 25.7. The molecule has 1 fully saturated rings. The third kappa shape index (κ3) is 6.49. The highest BCUT2D eigenvalue weighted by molar-refractivity contribution is 6.35. The number of piperazine rings is 1. The zero-order valence-corrected chi connectivity index (χ0v) is 21.4. The maximum Gasteiger partial charge on any atom is 0.292 e. The summed E-state index contributed by atoms with van der Waals surface area (Å²) in [5.74, 6) is -0.102. The molecule has 1 amide bonds. The van der Waals surface area contributed by atoms with Crippen LogP contribution in [0.1, 0.15) is 11.1 Å². The number of carbonyl (C=O) groups excluding carboxylic acids is 1. The van der Waals surface area contributed by atoms with Gasteiger partial charge in [0.1, 0.15) is 5.69 Å². The number of nitrogens with one attached hydrogen (secondary N) is 1. The fourth-order valence-electron chi connectivity index (χ4n) is 3.91. The minimum absolute atomic E-state index is 0.00697. The van der Waals surface area contributed by atoms with Gasteiger partial charge in [-0.1, -0.05) is 53.0 Å². The molecule has 1 heterocycles. The number of rotatable bonds is 7. The number of nitrogens with zero attached hydrogens (tertiary/aromatic N) is 3. The molecule has 1 aliphatic heterocycles. The molecule has 1 aliphatic rings. The largest absolute Gasteiger partial charge is 0.375 e. The van der Waals surface area contributed by atoms with Gasteiger partial charge in [0.05, 0.1) is 4.92 Å². The fourth-order valence-corrected chi connectivity index (χ4v) is 4.51. The molecule has 10 heteroatoms. The molecule has 0 atom stereocenters. The lowest BCUT2D eigenvalue weighted by Crippen LogP contribution is -2.48. The lowest BCUT2D eigenvalue weighted by molar-refractivity contribution is -0.384. The predicted octanol–water partition coefficient (Wildman–Crippen LogP) is 6.53. The van der Waals surface area contributed by atoms with E-state index in [1.54, 1.807) is 53.4 Å². The minimum Gasteiger partial charge on any atom is -0.375 e. The number of benzene rings is 3. The van der Waals surface area contributed by atoms with Crippen molar-refractivity contribution in [2.75, 3.05) is 36.4 Å². The zero-order valence-electron chi connectivity index (χ0n) is 19.2. The van der Waals surface area contributed by atoms with E-state index in [9.17, 15) is 14.9 Å². The normalized spacial score (nSPS) is 13.8. The Morgan fingerprint density at radius 3 is 2.31 bits per heavy atom. The predicted molar refractivity (Wildman–Crippen MR) is 146 cm³/mol. The van der Waals surface area contributed by atoms with Crippen LogP contribution < -0.4 is 10.2 Å². The number of nitro benzene ring substituents is 1. The SMILES string of the molecule is O=C(C=Cc1ccc(Cl)cc1Cl)N1CCN(c2ccc([N+](=O)[O-])c(NCc3ccc(Cl)cc3)c2)CC1. The van der Waals surface area contributed by atoms with Crippen LogP contribution in [0.4, 0.5) is 17.1 Å². The molecule has 7 nitrogen and oxygen atoms in total. The quantitative estimate of drug-likeness (QED) is 0.207. The van der Waals surface area contributed by atoms with Crippen LogP contribution in [0.2, 0.25) is 15.1 Å². The van der Waals surface area contributed by atoms with E-state index in [-0.39, 0.29) is 11.6 Å². The van der Waals surface area contributed by atoms with Gasteiger partial charge in [-0.15, -0.1) is 0 Å². The first-order chi connectivity index (χ1) is 17.3. The van der Waals surface area contributed by atoms with Crippen LogP contribution in [0.3, 0.4) is 0 Å². The summed E-state index contributed by atoms with van der Waals surface area (Å²) < 4.78 is 0. The van der Waals surface area contributed by atoms with Crippen LogP contribution in [-0.4, -0.2) is 41.9 Å². The Morgan fingerprint density at radius 2 is 1.64 bits per heavy atom. The van der Waals surface area contributed by atoms with Gasteiger partial charge in [0.2, 0.25) is 5.91 Å². The van der Waals surface area contributed by atoms with E-state index >= 15 is 0 Å². The fraction of sp³-hybridized carbons (Fsp3) is 0.192. The monoisotopic (exact) mass is 544 g/mol. The average Bonchev–Trinajstić information content (AvgIpc) is 2.87. The Kier molecular flexibility index (Phi) is 8.36. The van der Waals surface area contributed by atoms with E-state index in [2.05, 4.69) is 10.2 Å². The van der Waals surface area contributed by atoms with Gasteiger partial charge in [0, 0.05) is 65.6 Å². The third-order valence-electron chi connectivity index (χ3n) is 5.90. The molecule has 3 aromatic carbocycles. The van der Waals surface area contributed by atoms with Crippen LogP contribution in [0.15, 0.2) is 66.7 Å². The van der Waals surface area contributed by atoms with Gasteiger partial charge in [0.25, 0.3) is 5.69 Å². The molecule has 3 aromatic rings. The molecule has 0 aromatic heterocycles. The van der Waals surface area contributed by atoms with Gasteiger partial charge < -0.3 is 15.1 Å². The third-order valence-corrected chi connectivity index (χ3v) is 6.71. The number of anilines is 2. The molecule has 36 heavy (non-hydrogen) atoms. The van der Waals surface area contributed by atoms with Crippen LogP contribution in [-0.2, 0) is 11.3 Å². The van der Waals surface area contributed by atoms with Gasteiger partial charge >= 0.3 is 0 Å². The van der Waals surface area contributed by atoms with Crippen molar-refractivity contribution in [2.24, 2.45) is 0 Å². The summed E-state index contributed by atoms with van der Waals surface area (Å²) in [4.78, 5) is 27.7. The second-order valence-electron chi connectivity index (χ2n) is 8.25. The maximum atomic E-state index is 12.7. The summed E-state index contributed by atoms with van der Waals surface area (Å²) in [7, 11) is 0. The molecule has 0 bridgehead atoms. The first kappa shape index (κ1) is 25.8. The van der Waals surface area contributed by atoms with Crippen LogP contribution in [0, 0.1) is 10.1 Å². The van der Waals surface area contributed by atoms with E-state index in [1.165, 1.54) is 12.1 Å². The Bertz CT molecular complexity index is 1290. The van der Waals surface area contributed by atoms with Crippen molar-refractivity contribution < 1.29 is 9.72 Å². The maximum absolute atomic E-state index is 12.7. The van der Waals surface area contributed by atoms with E-state index in [0.717, 1.165) is 16.8 Å². The number of amides is 1. The van der Waals surface area contributed by atoms with Crippen molar-refractivity contribution in [3.63, 3.8) is 0 Å². The highest BCUT2D eigenvalue weighted by Crippen LogP contribution is 2.31. The van der Waals surface area contributed by atoms with Gasteiger partial charge in [0.15, 0.2) is 0 Å². The van der Waals surface area contributed by atoms with Gasteiger partial charge in [-0.2, -0.15) is 0 Å². The molecule has 0 aliphatic carbocycles. The van der Waals surface area contributed by atoms with Gasteiger partial charge in [-0.25, -0.2) is 0 Å². The number of carbonyl (C=O) groups is 1. The van der Waals surface area contributed by atoms with Gasteiger partial charge in [-0.3, -0.25) is 14.9 Å². The first-order valence-electron chi connectivity index (χ1n) is 11.2. The Balaban J connectivity index is 1.39. The first-order valence-corrected chi connectivity index (χ1v) is 12.4. The number of hydrogen-bond donors (Lipinski definition) is 1. The highest BCUT2D eigenvalue weighted by Gasteiger charge is 2.22. The molecule has 0 unspecified atom stereocenters. The molecule has 1 saturated heterocycles. The summed E-state index contributed by atoms with van der Waals surface area (Å²) in [5.41, 5.74) is 2.98. The summed E-state index contributed by atoms with van der Waals surface area (Å²) >= 11 is 18.0. The van der Waals surface area contributed by atoms with Crippen molar-refractivity contribution in [3.05, 3.63) is 103 Å². The standard InChI is InChI=1S/C26H23Cl3N4O3/c27-20-5-1-18(2-6-20)17-30-24-16-22(8-9-25(24)33(35)36)31-11-13-32(14-12-31)26(34)10-4-19-3-7-21(28)15-23(19)29/h1-10,15-16,30H,11-14,17H2. The summed E-state index contributed by atoms with van der Waals surface area (Å²) in [6.45, 7) is 2.70. The molecule has 186 valence electrons. The molecule has 0 spiro atoms. The molecule has 4 rings (SSSR count). The van der Waals surface area contributed by atoms with Crippen LogP contribution >= 0.6 is 34.8 Å². The highest BCUT2D eigenvalue weighted by atomic mass is 35.5. The van der Waals surface area contributed by atoms with Gasteiger partial charge in [-0.05, 0) is 53.6 Å². The second-order valence-corrected chi connectivity index (χ2v) is 9.53. The average molecular weight is 546 g/mol. The van der Waals surface area contributed by atoms with Crippen molar-refractivity contribution in [1.82, 2.24) is 4.90 Å². The lowest BCUT2D eigenvalue weighted by Gasteiger charge is -2.35. The Morgan fingerprint density at radius 1 is 0.944 bits per heavy atom. The molecular weight excluding hydrogens is 523 g/mol. The molecule has 0 radical (unpaired) electrons. The molecule has 1 N–H and O–H groups in total. The van der Waals surface area contributed by atoms with Crippen LogP contribution in [0.5, 0.6) is 0 Å². The van der Waals surface area contributed by atoms with Crippen molar-refractivity contribution in [3.8, 4) is 0 Å². The molecular formula is C26H23Cl3N4O3. The Hall–Kier alpha value is -3.26. The summed E-state index contributed by atoms with van der Waals surface area (Å²) in [5, 5.41) is 16.4. The van der Waals surface area contributed by atoms with E-state index < -0.39 is 4.92 Å². The second kappa shape index (κ2) is 11.6. The van der Waals surface area contributed by atoms with E-state index in [0.29, 0.717) is 53.5 Å². The minimum atomic E-state index is -0.399. The topological polar surface area (TPSA) is 78.7 Å². The van der Waals surface area contributed by atoms with Crippen molar-refractivity contribution in [2.45, 2.75) is 6.54 Å². The van der Waals surface area contributed by atoms with Crippen molar-refractivity contribution >= 4 is 63.8 Å². The number of halogens is 3. The van der Waals surface area contributed by atoms with E-state index in [1.807, 2.05) is 12.1 Å². The summed E-state index contributed by atoms with van der Waals surface area (Å²) in [6.07, 6.45) is 3.19. The molecule has 0 saturated carbocycles. The lowest BCUT2D eigenvalue weighted by atomic mass is 10.1. The number of nitro groups is 1.